The van der Waals surface area contributed by atoms with E-state index in [-0.39, 0.29) is 5.76 Å². The van der Waals surface area contributed by atoms with Crippen molar-refractivity contribution in [1.29, 1.82) is 0 Å². The highest BCUT2D eigenvalue weighted by atomic mass is 19.3. The van der Waals surface area contributed by atoms with E-state index in [1.54, 1.807) is 30.5 Å². The molecule has 4 rings (SSSR count). The summed E-state index contributed by atoms with van der Waals surface area (Å²) in [5.41, 5.74) is 2.31. The van der Waals surface area contributed by atoms with Crippen LogP contribution in [0.3, 0.4) is 0 Å². The average Bonchev–Trinajstić information content (AvgIpc) is 3.31. The summed E-state index contributed by atoms with van der Waals surface area (Å²) >= 11 is 0. The molecule has 1 aromatic carbocycles. The molecular weight excluding hydrogens is 349 g/mol. The average molecular weight is 364 g/mol. The molecule has 0 fully saturated rings. The first-order valence-electron chi connectivity index (χ1n) is 8.47. The number of aromatic amines is 1. The van der Waals surface area contributed by atoms with Crippen LogP contribution in [0, 0.1) is 0 Å². The standard InChI is InChI=1S/C20H15BF2N2O2/c21-20(22,23)27-17-9-5-4-8-14(17)16-10-11-18(26-16)19-24-12-15(25-19)13-6-2-1-3-7-13/h1-3,6-12H,4-5H2,(H,24,25). The van der Waals surface area contributed by atoms with Crippen LogP contribution in [0.25, 0.3) is 28.4 Å². The number of rotatable bonds is 5. The maximum Gasteiger partial charge on any atom is 0.335 e. The van der Waals surface area contributed by atoms with Crippen LogP contribution in [0.1, 0.15) is 18.6 Å². The third-order valence-electron chi connectivity index (χ3n) is 4.12. The highest BCUT2D eigenvalue weighted by molar-refractivity contribution is 6.12. The highest BCUT2D eigenvalue weighted by Gasteiger charge is 2.27. The lowest BCUT2D eigenvalue weighted by molar-refractivity contribution is -0.136. The Labute approximate surface area is 156 Å². The van der Waals surface area contributed by atoms with Gasteiger partial charge in [0.05, 0.1) is 17.5 Å². The molecule has 0 aliphatic heterocycles. The third kappa shape index (κ3) is 3.87. The summed E-state index contributed by atoms with van der Waals surface area (Å²) in [6.45, 7) is 0. The zero-order valence-electron chi connectivity index (χ0n) is 14.3. The van der Waals surface area contributed by atoms with Gasteiger partial charge in [-0.3, -0.25) is 0 Å². The quantitative estimate of drug-likeness (QED) is 0.639. The van der Waals surface area contributed by atoms with Crippen molar-refractivity contribution in [2.24, 2.45) is 0 Å². The second kappa shape index (κ2) is 6.91. The van der Waals surface area contributed by atoms with Crippen molar-refractivity contribution in [1.82, 2.24) is 9.97 Å². The van der Waals surface area contributed by atoms with Crippen LogP contribution in [-0.2, 0) is 4.74 Å². The van der Waals surface area contributed by atoms with Crippen molar-refractivity contribution < 1.29 is 17.9 Å². The van der Waals surface area contributed by atoms with E-state index in [1.807, 2.05) is 30.3 Å². The van der Waals surface area contributed by atoms with Crippen molar-refractivity contribution in [3.8, 4) is 22.8 Å². The van der Waals surface area contributed by atoms with Gasteiger partial charge in [-0.05, 0) is 36.6 Å². The van der Waals surface area contributed by atoms with Crippen LogP contribution in [0.2, 0.25) is 0 Å². The van der Waals surface area contributed by atoms with E-state index >= 15 is 0 Å². The van der Waals surface area contributed by atoms with E-state index in [2.05, 4.69) is 14.7 Å². The molecule has 2 heterocycles. The lowest BCUT2D eigenvalue weighted by atomic mass is 10.0. The number of aromatic nitrogens is 2. The van der Waals surface area contributed by atoms with E-state index in [4.69, 9.17) is 12.3 Å². The van der Waals surface area contributed by atoms with Gasteiger partial charge in [0.15, 0.2) is 11.6 Å². The SMILES string of the molecule is [B]C(F)(F)OC1=CCCC=C1c1ccc(-c2ncc(-c3ccccc3)[nH]2)o1. The number of furan rings is 1. The predicted octanol–water partition coefficient (Wildman–Crippen LogP) is 5.13. The lowest BCUT2D eigenvalue weighted by Gasteiger charge is -2.20. The molecule has 2 radical (unpaired) electrons. The van der Waals surface area contributed by atoms with E-state index in [0.29, 0.717) is 35.8 Å². The number of nitrogens with zero attached hydrogens (tertiary/aromatic N) is 1. The molecule has 0 bridgehead atoms. The molecule has 0 spiro atoms. The topological polar surface area (TPSA) is 51.0 Å². The van der Waals surface area contributed by atoms with Gasteiger partial charge in [0, 0.05) is 0 Å². The molecule has 1 aliphatic rings. The summed E-state index contributed by atoms with van der Waals surface area (Å²) in [6.07, 6.45) is 6.39. The van der Waals surface area contributed by atoms with Crippen molar-refractivity contribution in [2.45, 2.75) is 18.8 Å². The zero-order valence-corrected chi connectivity index (χ0v) is 14.3. The minimum absolute atomic E-state index is 0.0130. The van der Waals surface area contributed by atoms with E-state index in [0.717, 1.165) is 11.3 Å². The molecule has 0 saturated carbocycles. The fourth-order valence-corrected chi connectivity index (χ4v) is 2.94. The minimum atomic E-state index is -3.75. The van der Waals surface area contributed by atoms with Crippen LogP contribution < -0.4 is 0 Å². The van der Waals surface area contributed by atoms with Crippen LogP contribution in [0.5, 0.6) is 0 Å². The summed E-state index contributed by atoms with van der Waals surface area (Å²) in [5, 5.41) is 0. The summed E-state index contributed by atoms with van der Waals surface area (Å²) in [4.78, 5) is 7.55. The Morgan fingerprint density at radius 2 is 1.78 bits per heavy atom. The maximum atomic E-state index is 13.1. The molecule has 0 amide bonds. The molecule has 0 saturated heterocycles. The lowest BCUT2D eigenvalue weighted by Crippen LogP contribution is -2.21. The second-order valence-corrected chi connectivity index (χ2v) is 6.10. The number of alkyl halides is 2. The Morgan fingerprint density at radius 3 is 2.56 bits per heavy atom. The van der Waals surface area contributed by atoms with Crippen molar-refractivity contribution >= 4 is 13.4 Å². The first-order valence-corrected chi connectivity index (χ1v) is 8.47. The van der Waals surface area contributed by atoms with Crippen LogP contribution in [-0.4, -0.2) is 23.8 Å². The number of H-pyrrole nitrogens is 1. The Balaban J connectivity index is 1.60. The molecule has 0 unspecified atom stereocenters. The minimum Gasteiger partial charge on any atom is -0.453 e. The molecule has 7 heteroatoms. The molecule has 1 aliphatic carbocycles. The summed E-state index contributed by atoms with van der Waals surface area (Å²) in [7, 11) is 4.69. The van der Waals surface area contributed by atoms with E-state index in [9.17, 15) is 8.78 Å². The van der Waals surface area contributed by atoms with Gasteiger partial charge in [-0.25, -0.2) is 4.98 Å². The Hall–Kier alpha value is -3.09. The number of halogens is 2. The normalized spacial score (nSPS) is 14.6. The zero-order chi connectivity index (χ0) is 18.9. The third-order valence-corrected chi connectivity index (χ3v) is 4.12. The largest absolute Gasteiger partial charge is 0.453 e. The van der Waals surface area contributed by atoms with Crippen LogP contribution in [0.4, 0.5) is 8.78 Å². The van der Waals surface area contributed by atoms with Gasteiger partial charge in [0.25, 0.3) is 0 Å². The van der Waals surface area contributed by atoms with E-state index < -0.39 is 6.01 Å². The Morgan fingerprint density at radius 1 is 1.04 bits per heavy atom. The molecule has 4 nitrogen and oxygen atoms in total. The highest BCUT2D eigenvalue weighted by Crippen LogP contribution is 2.35. The maximum absolute atomic E-state index is 13.1. The molecule has 2 aromatic heterocycles. The Kier molecular flexibility index (Phi) is 4.43. The van der Waals surface area contributed by atoms with Gasteiger partial charge in [0.2, 0.25) is 7.85 Å². The van der Waals surface area contributed by atoms with Gasteiger partial charge >= 0.3 is 6.01 Å². The number of imidazole rings is 1. The molecule has 27 heavy (non-hydrogen) atoms. The van der Waals surface area contributed by atoms with Gasteiger partial charge in [0.1, 0.15) is 11.5 Å². The number of nitrogens with one attached hydrogen (secondary N) is 1. The number of ether oxygens (including phenoxy) is 1. The fraction of sp³-hybridized carbons (Fsp3) is 0.150. The number of hydrogen-bond donors (Lipinski definition) is 1. The van der Waals surface area contributed by atoms with Crippen molar-refractivity contribution in [3.63, 3.8) is 0 Å². The monoisotopic (exact) mass is 364 g/mol. The first kappa shape index (κ1) is 17.3. The molecule has 134 valence electrons. The van der Waals surface area contributed by atoms with E-state index in [1.165, 1.54) is 0 Å². The van der Waals surface area contributed by atoms with Gasteiger partial charge in [-0.1, -0.05) is 36.4 Å². The number of allylic oxidation sites excluding steroid dienone is 3. The van der Waals surface area contributed by atoms with Crippen molar-refractivity contribution in [2.75, 3.05) is 0 Å². The smallest absolute Gasteiger partial charge is 0.335 e. The first-order chi connectivity index (χ1) is 13.0. The molecular formula is C20H15BF2N2O2. The number of hydrogen-bond acceptors (Lipinski definition) is 3. The second-order valence-electron chi connectivity index (χ2n) is 6.10. The van der Waals surface area contributed by atoms with Gasteiger partial charge < -0.3 is 14.1 Å². The van der Waals surface area contributed by atoms with Crippen LogP contribution in [0.15, 0.2) is 71.0 Å². The molecule has 0 atom stereocenters. The predicted molar refractivity (Wildman–Crippen MR) is 98.8 cm³/mol. The molecule has 1 N–H and O–H groups in total. The molecule has 3 aromatic rings. The van der Waals surface area contributed by atoms with Crippen molar-refractivity contribution in [3.05, 3.63) is 72.3 Å². The van der Waals surface area contributed by atoms with Gasteiger partial charge in [-0.2, -0.15) is 8.78 Å². The van der Waals surface area contributed by atoms with Gasteiger partial charge in [-0.15, -0.1) is 0 Å². The van der Waals surface area contributed by atoms with Crippen LogP contribution >= 0.6 is 0 Å². The summed E-state index contributed by atoms with van der Waals surface area (Å²) in [6, 6.07) is 9.45. The fourth-order valence-electron chi connectivity index (χ4n) is 2.94. The summed E-state index contributed by atoms with van der Waals surface area (Å²) < 4.78 is 36.6. The Bertz CT molecular complexity index is 1000. The number of benzene rings is 1. The summed E-state index contributed by atoms with van der Waals surface area (Å²) in [5.74, 6) is 1.47.